The zero-order chi connectivity index (χ0) is 18.9. The first-order chi connectivity index (χ1) is 12.2. The summed E-state index contributed by atoms with van der Waals surface area (Å²) in [5.41, 5.74) is -2.05. The number of aromatic nitrogens is 2. The highest BCUT2D eigenvalue weighted by atomic mass is 19.4. The van der Waals surface area contributed by atoms with E-state index in [0.717, 1.165) is 10.7 Å². The number of nitriles is 1. The number of anilines is 1. The summed E-state index contributed by atoms with van der Waals surface area (Å²) in [5.74, 6) is 3.43. The lowest BCUT2D eigenvalue weighted by Crippen LogP contribution is -2.43. The minimum atomic E-state index is -4.62. The van der Waals surface area contributed by atoms with Crippen molar-refractivity contribution in [3.05, 3.63) is 29.8 Å². The molecule has 1 saturated heterocycles. The van der Waals surface area contributed by atoms with Crippen LogP contribution in [0.3, 0.4) is 0 Å². The number of piperidine rings is 1. The lowest BCUT2D eigenvalue weighted by molar-refractivity contribution is -0.191. The topological polar surface area (TPSA) is 99.5 Å². The maximum absolute atomic E-state index is 14.2. The van der Waals surface area contributed by atoms with Gasteiger partial charge in [0.1, 0.15) is 22.7 Å². The predicted molar refractivity (Wildman–Crippen MR) is 79.9 cm³/mol. The number of rotatable bonds is 2. The van der Waals surface area contributed by atoms with Gasteiger partial charge in [-0.15, -0.1) is 0 Å². The molecule has 2 aromatic rings. The summed E-state index contributed by atoms with van der Waals surface area (Å²) in [6.07, 6.45) is -4.09. The van der Waals surface area contributed by atoms with Crippen LogP contribution in [0.25, 0.3) is 5.52 Å². The van der Waals surface area contributed by atoms with Crippen molar-refractivity contribution in [2.24, 2.45) is 16.7 Å². The van der Waals surface area contributed by atoms with Crippen LogP contribution in [0.15, 0.2) is 18.3 Å². The van der Waals surface area contributed by atoms with Gasteiger partial charge in [0.05, 0.1) is 17.3 Å². The number of pyridine rings is 1. The molecule has 2 fully saturated rings. The van der Waals surface area contributed by atoms with E-state index < -0.39 is 35.3 Å². The maximum atomic E-state index is 14.2. The number of hydrogen-bond acceptors (Lipinski definition) is 5. The van der Waals surface area contributed by atoms with Crippen molar-refractivity contribution in [1.29, 1.82) is 5.26 Å². The Morgan fingerprint density at radius 2 is 2.12 bits per heavy atom. The van der Waals surface area contributed by atoms with E-state index >= 15 is 0 Å². The SMILES string of the molecule is N#Cc1ccc(N2C[C@]3(C(=O)NN)C[C@]3(C(F)(F)F)C2)c2c(F)cnn12. The molecule has 0 spiro atoms. The van der Waals surface area contributed by atoms with Gasteiger partial charge in [-0.05, 0) is 18.6 Å². The van der Waals surface area contributed by atoms with E-state index in [4.69, 9.17) is 11.1 Å². The van der Waals surface area contributed by atoms with Crippen LogP contribution in [0.5, 0.6) is 0 Å². The summed E-state index contributed by atoms with van der Waals surface area (Å²) in [4.78, 5) is 13.4. The number of carbonyl (C=O) groups excluding carboxylic acids is 1. The summed E-state index contributed by atoms with van der Waals surface area (Å²) < 4.78 is 56.3. The van der Waals surface area contributed by atoms with Crippen molar-refractivity contribution in [3.63, 3.8) is 0 Å². The molecule has 26 heavy (non-hydrogen) atoms. The van der Waals surface area contributed by atoms with Crippen molar-refractivity contribution < 1.29 is 22.4 Å². The Balaban J connectivity index is 1.83. The first kappa shape index (κ1) is 16.6. The summed E-state index contributed by atoms with van der Waals surface area (Å²) in [7, 11) is 0. The van der Waals surface area contributed by atoms with Crippen molar-refractivity contribution in [2.45, 2.75) is 12.6 Å². The lowest BCUT2D eigenvalue weighted by Gasteiger charge is -2.25. The molecule has 3 heterocycles. The highest BCUT2D eigenvalue weighted by Gasteiger charge is 2.86. The van der Waals surface area contributed by atoms with E-state index in [9.17, 15) is 22.4 Å². The smallest absolute Gasteiger partial charge is 0.368 e. The number of amides is 1. The number of nitrogens with two attached hydrogens (primary N) is 1. The fraction of sp³-hybridized carbons (Fsp3) is 0.400. The van der Waals surface area contributed by atoms with Crippen LogP contribution in [0.4, 0.5) is 23.2 Å². The second-order valence-electron chi connectivity index (χ2n) is 6.64. The first-order valence-electron chi connectivity index (χ1n) is 7.60. The number of carbonyl (C=O) groups is 1. The van der Waals surface area contributed by atoms with Gasteiger partial charge in [0.15, 0.2) is 5.82 Å². The number of nitrogens with one attached hydrogen (secondary N) is 1. The van der Waals surface area contributed by atoms with E-state index in [1.807, 2.05) is 11.5 Å². The summed E-state index contributed by atoms with van der Waals surface area (Å²) >= 11 is 0. The number of nitrogens with zero attached hydrogens (tertiary/aromatic N) is 4. The Bertz CT molecular complexity index is 979. The number of fused-ring (bicyclic) bond motifs is 2. The van der Waals surface area contributed by atoms with Crippen LogP contribution in [-0.4, -0.2) is 34.8 Å². The van der Waals surface area contributed by atoms with Gasteiger partial charge in [0.25, 0.3) is 0 Å². The number of halogens is 4. The van der Waals surface area contributed by atoms with Crippen LogP contribution < -0.4 is 16.2 Å². The second-order valence-corrected chi connectivity index (χ2v) is 6.64. The van der Waals surface area contributed by atoms with Gasteiger partial charge in [-0.25, -0.2) is 14.7 Å². The standard InChI is InChI=1S/C15H12F4N6O/c16-9-4-22-25-8(3-20)1-2-10(11(9)25)24-6-13(12(26)23-21)5-14(13,7-24)15(17,18)19/h1-2,4H,5-7,21H2,(H,23,26)/t13-,14-/m0/s1. The molecule has 2 atom stereocenters. The van der Waals surface area contributed by atoms with Gasteiger partial charge in [0, 0.05) is 13.1 Å². The molecule has 1 aliphatic heterocycles. The Morgan fingerprint density at radius 3 is 2.73 bits per heavy atom. The zero-order valence-corrected chi connectivity index (χ0v) is 13.1. The lowest BCUT2D eigenvalue weighted by atomic mass is 9.95. The Hall–Kier alpha value is -2.87. The molecule has 1 amide bonds. The fourth-order valence-electron chi connectivity index (χ4n) is 4.12. The molecule has 7 nitrogen and oxygen atoms in total. The summed E-state index contributed by atoms with van der Waals surface area (Å²) in [6, 6.07) is 4.54. The van der Waals surface area contributed by atoms with Crippen LogP contribution in [-0.2, 0) is 4.79 Å². The third-order valence-electron chi connectivity index (χ3n) is 5.47. The molecule has 11 heteroatoms. The van der Waals surface area contributed by atoms with Crippen molar-refractivity contribution in [3.8, 4) is 6.07 Å². The van der Waals surface area contributed by atoms with E-state index in [-0.39, 0.29) is 29.9 Å². The molecular formula is C15H12F4N6O. The monoisotopic (exact) mass is 368 g/mol. The third-order valence-corrected chi connectivity index (χ3v) is 5.47. The van der Waals surface area contributed by atoms with E-state index in [2.05, 4.69) is 5.10 Å². The summed E-state index contributed by atoms with van der Waals surface area (Å²) in [5, 5.41) is 12.8. The highest BCUT2D eigenvalue weighted by Crippen LogP contribution is 2.75. The van der Waals surface area contributed by atoms with Gasteiger partial charge in [0.2, 0.25) is 5.91 Å². The normalized spacial score (nSPS) is 27.3. The molecule has 2 aromatic heterocycles. The van der Waals surface area contributed by atoms with Gasteiger partial charge < -0.3 is 4.90 Å². The van der Waals surface area contributed by atoms with Gasteiger partial charge in [-0.2, -0.15) is 23.5 Å². The quantitative estimate of drug-likeness (QED) is 0.358. The summed E-state index contributed by atoms with van der Waals surface area (Å²) in [6.45, 7) is -0.766. The molecule has 2 aliphatic rings. The zero-order valence-electron chi connectivity index (χ0n) is 13.1. The van der Waals surface area contributed by atoms with Crippen LogP contribution in [0.1, 0.15) is 12.1 Å². The van der Waals surface area contributed by atoms with Crippen LogP contribution in [0, 0.1) is 28.0 Å². The Kier molecular flexibility index (Phi) is 3.10. The largest absolute Gasteiger partial charge is 0.397 e. The fourth-order valence-corrected chi connectivity index (χ4v) is 4.12. The molecule has 0 unspecified atom stereocenters. The van der Waals surface area contributed by atoms with Gasteiger partial charge in [-0.1, -0.05) is 0 Å². The van der Waals surface area contributed by atoms with Crippen molar-refractivity contribution in [2.75, 3.05) is 18.0 Å². The second kappa shape index (κ2) is 4.85. The minimum absolute atomic E-state index is 0.0388. The number of hydrazine groups is 1. The first-order valence-corrected chi connectivity index (χ1v) is 7.60. The number of alkyl halides is 3. The van der Waals surface area contributed by atoms with E-state index in [1.54, 1.807) is 0 Å². The molecule has 1 saturated carbocycles. The number of hydrogen-bond donors (Lipinski definition) is 2. The molecule has 136 valence electrons. The Labute approximate surface area is 143 Å². The molecule has 1 aliphatic carbocycles. The van der Waals surface area contributed by atoms with Gasteiger partial charge >= 0.3 is 6.18 Å². The molecule has 0 radical (unpaired) electrons. The van der Waals surface area contributed by atoms with Crippen molar-refractivity contribution >= 4 is 17.1 Å². The van der Waals surface area contributed by atoms with E-state index in [0.29, 0.717) is 0 Å². The highest BCUT2D eigenvalue weighted by molar-refractivity contribution is 5.90. The van der Waals surface area contributed by atoms with E-state index in [1.165, 1.54) is 17.0 Å². The average molecular weight is 368 g/mol. The van der Waals surface area contributed by atoms with Crippen LogP contribution >= 0.6 is 0 Å². The van der Waals surface area contributed by atoms with Crippen molar-refractivity contribution in [1.82, 2.24) is 15.0 Å². The molecule has 4 rings (SSSR count). The average Bonchev–Trinajstić information content (AvgIpc) is 2.92. The molecule has 0 bridgehead atoms. The van der Waals surface area contributed by atoms with Gasteiger partial charge in [-0.3, -0.25) is 10.2 Å². The Morgan fingerprint density at radius 1 is 1.38 bits per heavy atom. The minimum Gasteiger partial charge on any atom is -0.368 e. The molecule has 0 aromatic carbocycles. The molecular weight excluding hydrogens is 356 g/mol. The molecule has 3 N–H and O–H groups in total. The van der Waals surface area contributed by atoms with Crippen LogP contribution in [0.2, 0.25) is 0 Å². The predicted octanol–water partition coefficient (Wildman–Crippen LogP) is 1.09. The third kappa shape index (κ3) is 1.79. The maximum Gasteiger partial charge on any atom is 0.397 e.